The first-order valence-corrected chi connectivity index (χ1v) is 6.78. The second-order valence-electron chi connectivity index (χ2n) is 4.99. The monoisotopic (exact) mass is 263 g/mol. The van der Waals surface area contributed by atoms with E-state index in [-0.39, 0.29) is 5.91 Å². The summed E-state index contributed by atoms with van der Waals surface area (Å²) in [4.78, 5) is 16.1. The normalized spacial score (nSPS) is 10.6. The summed E-state index contributed by atoms with van der Waals surface area (Å²) in [5, 5.41) is 3.22. The van der Waals surface area contributed by atoms with Crippen LogP contribution in [-0.2, 0) is 0 Å². The minimum atomic E-state index is 0.0850. The predicted molar refractivity (Wildman–Crippen MR) is 80.7 cm³/mol. The molecule has 1 N–H and O–H groups in total. The minimum Gasteiger partial charge on any atom is -0.385 e. The molecule has 0 saturated heterocycles. The van der Waals surface area contributed by atoms with Crippen LogP contribution in [0.5, 0.6) is 0 Å². The van der Waals surface area contributed by atoms with Crippen molar-refractivity contribution in [2.75, 3.05) is 46.1 Å². The maximum atomic E-state index is 12.2. The molecule has 106 valence electrons. The fourth-order valence-corrected chi connectivity index (χ4v) is 1.88. The van der Waals surface area contributed by atoms with Gasteiger partial charge in [0.15, 0.2) is 0 Å². The van der Waals surface area contributed by atoms with Crippen molar-refractivity contribution in [1.29, 1.82) is 0 Å². The number of carbonyl (C=O) groups is 1. The van der Waals surface area contributed by atoms with Crippen molar-refractivity contribution in [3.05, 3.63) is 29.8 Å². The van der Waals surface area contributed by atoms with E-state index in [9.17, 15) is 4.79 Å². The molecule has 0 atom stereocenters. The highest BCUT2D eigenvalue weighted by molar-refractivity contribution is 5.94. The summed E-state index contributed by atoms with van der Waals surface area (Å²) in [6, 6.07) is 7.65. The van der Waals surface area contributed by atoms with E-state index in [4.69, 9.17) is 0 Å². The zero-order valence-electron chi connectivity index (χ0n) is 12.4. The molecule has 1 amide bonds. The number of nitrogens with zero attached hydrogens (tertiary/aromatic N) is 2. The molecule has 19 heavy (non-hydrogen) atoms. The van der Waals surface area contributed by atoms with Crippen LogP contribution < -0.4 is 5.32 Å². The molecule has 0 bridgehead atoms. The highest BCUT2D eigenvalue weighted by Crippen LogP contribution is 2.11. The average Bonchev–Trinajstić information content (AvgIpc) is 2.38. The Morgan fingerprint density at radius 1 is 1.11 bits per heavy atom. The van der Waals surface area contributed by atoms with Gasteiger partial charge in [-0.2, -0.15) is 0 Å². The Bertz CT molecular complexity index is 387. The van der Waals surface area contributed by atoms with Gasteiger partial charge in [0.2, 0.25) is 0 Å². The second kappa shape index (κ2) is 7.79. The highest BCUT2D eigenvalue weighted by Gasteiger charge is 2.10. The van der Waals surface area contributed by atoms with Crippen LogP contribution in [0.25, 0.3) is 0 Å². The maximum absolute atomic E-state index is 12.2. The number of anilines is 1. The van der Waals surface area contributed by atoms with Gasteiger partial charge in [-0.1, -0.05) is 0 Å². The summed E-state index contributed by atoms with van der Waals surface area (Å²) in [6.45, 7) is 4.72. The van der Waals surface area contributed by atoms with E-state index < -0.39 is 0 Å². The molecule has 1 aromatic rings. The first-order valence-electron chi connectivity index (χ1n) is 6.78. The van der Waals surface area contributed by atoms with Gasteiger partial charge in [-0.3, -0.25) is 4.79 Å². The molecule has 0 aromatic heterocycles. The molecule has 4 heteroatoms. The molecule has 1 aromatic carbocycles. The van der Waals surface area contributed by atoms with Crippen molar-refractivity contribution in [2.45, 2.75) is 13.3 Å². The van der Waals surface area contributed by atoms with Crippen LogP contribution in [0.15, 0.2) is 24.3 Å². The quantitative estimate of drug-likeness (QED) is 0.818. The molecule has 4 nitrogen and oxygen atoms in total. The van der Waals surface area contributed by atoms with Crippen molar-refractivity contribution in [1.82, 2.24) is 9.80 Å². The van der Waals surface area contributed by atoms with Gasteiger partial charge in [0.05, 0.1) is 0 Å². The Morgan fingerprint density at radius 2 is 1.74 bits per heavy atom. The largest absolute Gasteiger partial charge is 0.385 e. The van der Waals surface area contributed by atoms with Crippen LogP contribution in [0, 0.1) is 0 Å². The maximum Gasteiger partial charge on any atom is 0.253 e. The van der Waals surface area contributed by atoms with Gasteiger partial charge in [0.1, 0.15) is 0 Å². The van der Waals surface area contributed by atoms with E-state index in [2.05, 4.69) is 17.1 Å². The molecule has 0 heterocycles. The van der Waals surface area contributed by atoms with Gasteiger partial charge < -0.3 is 15.1 Å². The van der Waals surface area contributed by atoms with Gasteiger partial charge in [0, 0.05) is 31.4 Å². The fraction of sp³-hybridized carbons (Fsp3) is 0.533. The summed E-state index contributed by atoms with van der Waals surface area (Å²) >= 11 is 0. The van der Waals surface area contributed by atoms with E-state index in [0.29, 0.717) is 0 Å². The van der Waals surface area contributed by atoms with Crippen LogP contribution in [-0.4, -0.2) is 56.5 Å². The Kier molecular flexibility index (Phi) is 6.36. The Hall–Kier alpha value is -1.55. The van der Waals surface area contributed by atoms with E-state index in [1.54, 1.807) is 4.90 Å². The topological polar surface area (TPSA) is 35.6 Å². The summed E-state index contributed by atoms with van der Waals surface area (Å²) in [5.41, 5.74) is 1.79. The third kappa shape index (κ3) is 5.30. The molecule has 0 saturated carbocycles. The van der Waals surface area contributed by atoms with Crippen LogP contribution in [0.4, 0.5) is 5.69 Å². The molecule has 0 aliphatic carbocycles. The van der Waals surface area contributed by atoms with Crippen LogP contribution in [0.1, 0.15) is 23.7 Å². The lowest BCUT2D eigenvalue weighted by atomic mass is 10.2. The van der Waals surface area contributed by atoms with Gasteiger partial charge in [-0.05, 0) is 58.3 Å². The van der Waals surface area contributed by atoms with Crippen molar-refractivity contribution in [3.8, 4) is 0 Å². The molecule has 0 aliphatic heterocycles. The number of carbonyl (C=O) groups excluding carboxylic acids is 1. The van der Waals surface area contributed by atoms with E-state index >= 15 is 0 Å². The Morgan fingerprint density at radius 3 is 2.26 bits per heavy atom. The zero-order valence-corrected chi connectivity index (χ0v) is 12.4. The molecule has 0 spiro atoms. The Labute approximate surface area is 116 Å². The molecular formula is C15H25N3O. The lowest BCUT2D eigenvalue weighted by Crippen LogP contribution is -2.29. The number of hydrogen-bond acceptors (Lipinski definition) is 3. The fourth-order valence-electron chi connectivity index (χ4n) is 1.88. The predicted octanol–water partition coefficient (Wildman–Crippen LogP) is 2.14. The Balaban J connectivity index is 2.51. The van der Waals surface area contributed by atoms with Crippen molar-refractivity contribution in [2.24, 2.45) is 0 Å². The van der Waals surface area contributed by atoms with E-state index in [1.165, 1.54) is 0 Å². The van der Waals surface area contributed by atoms with Gasteiger partial charge in [-0.15, -0.1) is 0 Å². The van der Waals surface area contributed by atoms with Crippen molar-refractivity contribution in [3.63, 3.8) is 0 Å². The van der Waals surface area contributed by atoms with Gasteiger partial charge in [0.25, 0.3) is 5.91 Å². The number of amides is 1. The lowest BCUT2D eigenvalue weighted by molar-refractivity contribution is 0.0790. The lowest BCUT2D eigenvalue weighted by Gasteiger charge is -2.18. The summed E-state index contributed by atoms with van der Waals surface area (Å²) < 4.78 is 0. The third-order valence-electron chi connectivity index (χ3n) is 2.96. The van der Waals surface area contributed by atoms with E-state index in [0.717, 1.165) is 37.3 Å². The SMILES string of the molecule is CCNc1ccc(C(=O)N(C)CCCN(C)C)cc1. The van der Waals surface area contributed by atoms with Crippen molar-refractivity contribution >= 4 is 11.6 Å². The average molecular weight is 263 g/mol. The zero-order chi connectivity index (χ0) is 14.3. The van der Waals surface area contributed by atoms with Crippen molar-refractivity contribution < 1.29 is 4.79 Å². The number of hydrogen-bond donors (Lipinski definition) is 1. The summed E-state index contributed by atoms with van der Waals surface area (Å²) in [6.07, 6.45) is 0.991. The number of benzene rings is 1. The van der Waals surface area contributed by atoms with E-state index in [1.807, 2.05) is 45.4 Å². The van der Waals surface area contributed by atoms with Crippen LogP contribution >= 0.6 is 0 Å². The molecule has 0 unspecified atom stereocenters. The molecule has 0 aliphatic rings. The first kappa shape index (κ1) is 15.5. The molecule has 0 fully saturated rings. The molecule has 0 radical (unpaired) electrons. The van der Waals surface area contributed by atoms with Gasteiger partial charge in [-0.25, -0.2) is 0 Å². The second-order valence-corrected chi connectivity index (χ2v) is 4.99. The summed E-state index contributed by atoms with van der Waals surface area (Å²) in [7, 11) is 5.94. The van der Waals surface area contributed by atoms with Crippen LogP contribution in [0.3, 0.4) is 0 Å². The molecule has 1 rings (SSSR count). The smallest absolute Gasteiger partial charge is 0.253 e. The third-order valence-corrected chi connectivity index (χ3v) is 2.96. The minimum absolute atomic E-state index is 0.0850. The van der Waals surface area contributed by atoms with Gasteiger partial charge >= 0.3 is 0 Å². The van der Waals surface area contributed by atoms with Crippen LogP contribution in [0.2, 0.25) is 0 Å². The molecular weight excluding hydrogens is 238 g/mol. The standard InChI is InChI=1S/C15H25N3O/c1-5-16-14-9-7-13(8-10-14)15(19)18(4)12-6-11-17(2)3/h7-10,16H,5-6,11-12H2,1-4H3. The highest BCUT2D eigenvalue weighted by atomic mass is 16.2. The number of nitrogens with one attached hydrogen (secondary N) is 1. The number of rotatable bonds is 7. The first-order chi connectivity index (χ1) is 9.04. The summed E-state index contributed by atoms with van der Waals surface area (Å²) in [5.74, 6) is 0.0850.